The van der Waals surface area contributed by atoms with Gasteiger partial charge in [-0.1, -0.05) is 30.3 Å². The molecular weight excluding hydrogens is 234 g/mol. The Bertz CT molecular complexity index is 517. The monoisotopic (exact) mass is 253 g/mol. The summed E-state index contributed by atoms with van der Waals surface area (Å²) in [6, 6.07) is 18.3. The lowest BCUT2D eigenvalue weighted by molar-refractivity contribution is 1.02. The largest absolute Gasteiger partial charge is 0.385 e. The minimum Gasteiger partial charge on any atom is -0.385 e. The Morgan fingerprint density at radius 2 is 1.74 bits per heavy atom. The van der Waals surface area contributed by atoms with Gasteiger partial charge in [0.25, 0.3) is 0 Å². The van der Waals surface area contributed by atoms with Gasteiger partial charge in [-0.15, -0.1) is 0 Å². The summed E-state index contributed by atoms with van der Waals surface area (Å²) in [5, 5.41) is 9.56. The predicted octanol–water partition coefficient (Wildman–Crippen LogP) is 3.59. The Morgan fingerprint density at radius 3 is 2.37 bits per heavy atom. The third-order valence-electron chi connectivity index (χ3n) is 2.80. The molecule has 0 aliphatic rings. The van der Waals surface area contributed by atoms with E-state index in [-0.39, 0.29) is 0 Å². The molecule has 3 nitrogen and oxygen atoms in total. The normalized spacial score (nSPS) is 10.6. The van der Waals surface area contributed by atoms with Crippen LogP contribution in [-0.2, 0) is 0 Å². The summed E-state index contributed by atoms with van der Waals surface area (Å²) in [5.41, 5.74) is 3.29. The maximum Gasteiger partial charge on any atom is 0.0590 e. The second kappa shape index (κ2) is 6.59. The molecule has 0 aliphatic carbocycles. The Morgan fingerprint density at radius 1 is 1.05 bits per heavy atom. The number of anilines is 2. The molecule has 0 atom stereocenters. The summed E-state index contributed by atoms with van der Waals surface area (Å²) in [6.07, 6.45) is 1.86. The molecule has 1 N–H and O–H groups in total. The number of benzene rings is 2. The van der Waals surface area contributed by atoms with E-state index in [0.717, 1.165) is 23.5 Å². The highest BCUT2D eigenvalue weighted by Crippen LogP contribution is 2.12. The van der Waals surface area contributed by atoms with Gasteiger partial charge in [0.1, 0.15) is 0 Å². The summed E-state index contributed by atoms with van der Waals surface area (Å²) < 4.78 is 0. The summed E-state index contributed by atoms with van der Waals surface area (Å²) in [4.78, 5) is 0. The van der Waals surface area contributed by atoms with Crippen LogP contribution in [0.5, 0.6) is 0 Å². The molecule has 0 radical (unpaired) electrons. The fraction of sp³-hybridized carbons (Fsp3) is 0.188. The van der Waals surface area contributed by atoms with Crippen molar-refractivity contribution in [3.05, 3.63) is 60.2 Å². The van der Waals surface area contributed by atoms with E-state index >= 15 is 0 Å². The number of hydrazone groups is 1. The van der Waals surface area contributed by atoms with Gasteiger partial charge in [0, 0.05) is 19.3 Å². The summed E-state index contributed by atoms with van der Waals surface area (Å²) >= 11 is 0. The molecular formula is C16H19N3. The zero-order chi connectivity index (χ0) is 13.5. The number of hydrogen-bond acceptors (Lipinski definition) is 3. The van der Waals surface area contributed by atoms with Gasteiger partial charge in [0.15, 0.2) is 0 Å². The highest BCUT2D eigenvalue weighted by Gasteiger charge is 1.95. The maximum absolute atomic E-state index is 4.43. The Kier molecular flexibility index (Phi) is 4.56. The first-order chi connectivity index (χ1) is 9.29. The SMILES string of the molecule is CCNc1ccc(/C=N/N(C)c2ccccc2)cc1. The number of para-hydroxylation sites is 1. The Hall–Kier alpha value is -2.29. The number of hydrogen-bond donors (Lipinski definition) is 1. The highest BCUT2D eigenvalue weighted by atomic mass is 15.4. The van der Waals surface area contributed by atoms with Gasteiger partial charge >= 0.3 is 0 Å². The van der Waals surface area contributed by atoms with Crippen LogP contribution in [0.4, 0.5) is 11.4 Å². The second-order valence-electron chi connectivity index (χ2n) is 4.26. The quantitative estimate of drug-likeness (QED) is 0.651. The standard InChI is InChI=1S/C16H19N3/c1-3-17-15-11-9-14(10-12-15)13-18-19(2)16-7-5-4-6-8-16/h4-13,17H,3H2,1-2H3/b18-13+. The molecule has 0 saturated carbocycles. The molecule has 0 aliphatic heterocycles. The fourth-order valence-corrected chi connectivity index (χ4v) is 1.75. The van der Waals surface area contributed by atoms with Crippen LogP contribution in [-0.4, -0.2) is 19.8 Å². The first kappa shape index (κ1) is 13.1. The van der Waals surface area contributed by atoms with Crippen molar-refractivity contribution in [3.8, 4) is 0 Å². The number of nitrogens with zero attached hydrogens (tertiary/aromatic N) is 2. The molecule has 3 heteroatoms. The van der Waals surface area contributed by atoms with Crippen LogP contribution in [0, 0.1) is 0 Å². The average molecular weight is 253 g/mol. The van der Waals surface area contributed by atoms with E-state index in [1.165, 1.54) is 0 Å². The zero-order valence-corrected chi connectivity index (χ0v) is 11.4. The van der Waals surface area contributed by atoms with Crippen molar-refractivity contribution in [2.45, 2.75) is 6.92 Å². The lowest BCUT2D eigenvalue weighted by atomic mass is 10.2. The van der Waals surface area contributed by atoms with Crippen LogP contribution in [0.15, 0.2) is 59.7 Å². The maximum atomic E-state index is 4.43. The van der Waals surface area contributed by atoms with E-state index < -0.39 is 0 Å². The first-order valence-electron chi connectivity index (χ1n) is 6.46. The average Bonchev–Trinajstić information content (AvgIpc) is 2.47. The first-order valence-corrected chi connectivity index (χ1v) is 6.46. The smallest absolute Gasteiger partial charge is 0.0590 e. The number of nitrogens with one attached hydrogen (secondary N) is 1. The van der Waals surface area contributed by atoms with Gasteiger partial charge in [-0.25, -0.2) is 0 Å². The van der Waals surface area contributed by atoms with Gasteiger partial charge in [-0.3, -0.25) is 5.01 Å². The molecule has 0 fully saturated rings. The van der Waals surface area contributed by atoms with E-state index in [9.17, 15) is 0 Å². The van der Waals surface area contributed by atoms with Crippen molar-refractivity contribution >= 4 is 17.6 Å². The van der Waals surface area contributed by atoms with Gasteiger partial charge in [-0.2, -0.15) is 5.10 Å². The summed E-state index contributed by atoms with van der Waals surface area (Å²) in [5.74, 6) is 0. The van der Waals surface area contributed by atoms with Crippen LogP contribution < -0.4 is 10.3 Å². The molecule has 2 aromatic carbocycles. The molecule has 98 valence electrons. The third-order valence-corrected chi connectivity index (χ3v) is 2.80. The van der Waals surface area contributed by atoms with E-state index in [2.05, 4.69) is 41.6 Å². The Balaban J connectivity index is 2.02. The minimum atomic E-state index is 0.935. The van der Waals surface area contributed by atoms with Crippen molar-refractivity contribution in [1.82, 2.24) is 0 Å². The molecule has 2 rings (SSSR count). The van der Waals surface area contributed by atoms with E-state index in [0.29, 0.717) is 0 Å². The van der Waals surface area contributed by atoms with E-state index in [4.69, 9.17) is 0 Å². The van der Waals surface area contributed by atoms with Gasteiger partial charge in [0.2, 0.25) is 0 Å². The van der Waals surface area contributed by atoms with Crippen molar-refractivity contribution in [1.29, 1.82) is 0 Å². The minimum absolute atomic E-state index is 0.935. The van der Waals surface area contributed by atoms with E-state index in [1.54, 1.807) is 0 Å². The van der Waals surface area contributed by atoms with Gasteiger partial charge in [0.05, 0.1) is 11.9 Å². The van der Waals surface area contributed by atoms with Crippen LogP contribution >= 0.6 is 0 Å². The van der Waals surface area contributed by atoms with Crippen LogP contribution in [0.3, 0.4) is 0 Å². The molecule has 0 saturated heterocycles. The fourth-order valence-electron chi connectivity index (χ4n) is 1.75. The Labute approximate surface area is 114 Å². The van der Waals surface area contributed by atoms with Crippen LogP contribution in [0.1, 0.15) is 12.5 Å². The predicted molar refractivity (Wildman–Crippen MR) is 83.0 cm³/mol. The van der Waals surface area contributed by atoms with Crippen LogP contribution in [0.25, 0.3) is 0 Å². The lowest BCUT2D eigenvalue weighted by Crippen LogP contribution is -2.08. The highest BCUT2D eigenvalue weighted by molar-refractivity contribution is 5.81. The molecule has 0 amide bonds. The van der Waals surface area contributed by atoms with Crippen molar-refractivity contribution < 1.29 is 0 Å². The van der Waals surface area contributed by atoms with Crippen molar-refractivity contribution in [3.63, 3.8) is 0 Å². The molecule has 2 aromatic rings. The topological polar surface area (TPSA) is 27.6 Å². The molecule has 0 bridgehead atoms. The zero-order valence-electron chi connectivity index (χ0n) is 11.4. The summed E-state index contributed by atoms with van der Waals surface area (Å²) in [6.45, 7) is 3.02. The van der Waals surface area contributed by atoms with Gasteiger partial charge < -0.3 is 5.32 Å². The molecule has 0 heterocycles. The number of rotatable bonds is 5. The van der Waals surface area contributed by atoms with Gasteiger partial charge in [-0.05, 0) is 36.8 Å². The molecule has 0 aromatic heterocycles. The molecule has 19 heavy (non-hydrogen) atoms. The van der Waals surface area contributed by atoms with Crippen LogP contribution in [0.2, 0.25) is 0 Å². The van der Waals surface area contributed by atoms with Crippen molar-refractivity contribution in [2.24, 2.45) is 5.10 Å². The summed E-state index contributed by atoms with van der Waals surface area (Å²) in [7, 11) is 1.94. The van der Waals surface area contributed by atoms with Crippen molar-refractivity contribution in [2.75, 3.05) is 23.9 Å². The third kappa shape index (κ3) is 3.85. The lowest BCUT2D eigenvalue weighted by Gasteiger charge is -2.12. The molecule has 0 spiro atoms. The molecule has 0 unspecified atom stereocenters. The second-order valence-corrected chi connectivity index (χ2v) is 4.26. The van der Waals surface area contributed by atoms with E-state index in [1.807, 2.05) is 48.6 Å².